The second kappa shape index (κ2) is 5.24. The predicted molar refractivity (Wildman–Crippen MR) is 85.0 cm³/mol. The van der Waals surface area contributed by atoms with E-state index in [1.165, 1.54) is 0 Å². The number of carbonyl (C=O) groups is 1. The highest BCUT2D eigenvalue weighted by atomic mass is 35.5. The van der Waals surface area contributed by atoms with Gasteiger partial charge in [-0.3, -0.25) is 9.69 Å². The summed E-state index contributed by atoms with van der Waals surface area (Å²) in [5.74, 6) is 0.678. The summed E-state index contributed by atoms with van der Waals surface area (Å²) in [5, 5.41) is 0.960. The van der Waals surface area contributed by atoms with E-state index in [2.05, 4.69) is 0 Å². The van der Waals surface area contributed by atoms with Gasteiger partial charge in [-0.15, -0.1) is 0 Å². The van der Waals surface area contributed by atoms with Gasteiger partial charge in [0.25, 0.3) is 0 Å². The zero-order chi connectivity index (χ0) is 15.1. The fraction of sp³-hybridized carbons (Fsp3) is 0.188. The van der Waals surface area contributed by atoms with Crippen LogP contribution in [0.15, 0.2) is 30.3 Å². The lowest BCUT2D eigenvalue weighted by atomic mass is 10.1. The van der Waals surface area contributed by atoms with Crippen molar-refractivity contribution >= 4 is 40.5 Å². The van der Waals surface area contributed by atoms with Crippen LogP contribution in [0.5, 0.6) is 5.75 Å². The van der Waals surface area contributed by atoms with E-state index in [1.54, 1.807) is 18.1 Å². The molecule has 108 valence electrons. The van der Waals surface area contributed by atoms with Gasteiger partial charge in [0.2, 0.25) is 5.91 Å². The minimum absolute atomic E-state index is 0.0485. The normalized spacial score (nSPS) is 13.5. The predicted octanol–water partition coefficient (Wildman–Crippen LogP) is 4.53. The van der Waals surface area contributed by atoms with E-state index in [4.69, 9.17) is 27.9 Å². The van der Waals surface area contributed by atoms with Crippen LogP contribution in [-0.2, 0) is 11.2 Å². The van der Waals surface area contributed by atoms with Gasteiger partial charge in [0.15, 0.2) is 0 Å². The summed E-state index contributed by atoms with van der Waals surface area (Å²) in [6.07, 6.45) is 0.313. The number of anilines is 2. The maximum Gasteiger partial charge on any atom is 0.236 e. The average molecular weight is 322 g/mol. The molecule has 1 aliphatic heterocycles. The molecule has 0 saturated carbocycles. The third kappa shape index (κ3) is 2.27. The number of benzene rings is 2. The summed E-state index contributed by atoms with van der Waals surface area (Å²) in [7, 11) is 1.60. The van der Waals surface area contributed by atoms with Crippen molar-refractivity contribution < 1.29 is 9.53 Å². The van der Waals surface area contributed by atoms with E-state index in [9.17, 15) is 4.79 Å². The van der Waals surface area contributed by atoms with Gasteiger partial charge >= 0.3 is 0 Å². The zero-order valence-corrected chi connectivity index (χ0v) is 13.1. The number of hydrogen-bond donors (Lipinski definition) is 0. The van der Waals surface area contributed by atoms with Gasteiger partial charge in [0, 0.05) is 0 Å². The Labute approximate surface area is 133 Å². The van der Waals surface area contributed by atoms with Crippen LogP contribution in [0, 0.1) is 6.92 Å². The summed E-state index contributed by atoms with van der Waals surface area (Å²) in [6, 6.07) is 9.14. The lowest BCUT2D eigenvalue weighted by molar-refractivity contribution is -0.116. The van der Waals surface area contributed by atoms with Crippen molar-refractivity contribution in [3.05, 3.63) is 51.5 Å². The van der Waals surface area contributed by atoms with Crippen molar-refractivity contribution in [2.24, 2.45) is 0 Å². The molecule has 1 aliphatic rings. The van der Waals surface area contributed by atoms with Crippen LogP contribution < -0.4 is 9.64 Å². The van der Waals surface area contributed by atoms with Gasteiger partial charge in [0.1, 0.15) is 5.75 Å². The molecule has 0 atom stereocenters. The summed E-state index contributed by atoms with van der Waals surface area (Å²) >= 11 is 12.6. The Bertz CT molecular complexity index is 743. The first-order chi connectivity index (χ1) is 10.0. The van der Waals surface area contributed by atoms with Crippen molar-refractivity contribution in [3.63, 3.8) is 0 Å². The minimum atomic E-state index is -0.0485. The van der Waals surface area contributed by atoms with Crippen molar-refractivity contribution in [3.8, 4) is 5.75 Å². The molecule has 1 heterocycles. The second-order valence-electron chi connectivity index (χ2n) is 4.93. The summed E-state index contributed by atoms with van der Waals surface area (Å²) in [5.41, 5.74) is 3.14. The Morgan fingerprint density at radius 1 is 1.19 bits per heavy atom. The lowest BCUT2D eigenvalue weighted by Crippen LogP contribution is -2.21. The maximum absolute atomic E-state index is 12.4. The molecule has 0 unspecified atom stereocenters. The van der Waals surface area contributed by atoms with Crippen LogP contribution in [0.3, 0.4) is 0 Å². The SMILES string of the molecule is COc1ccc2c(c1)CC(=O)N2c1c(Cl)ccc(C)c1Cl. The van der Waals surface area contributed by atoms with Crippen LogP contribution in [-0.4, -0.2) is 13.0 Å². The summed E-state index contributed by atoms with van der Waals surface area (Å²) in [6.45, 7) is 1.89. The van der Waals surface area contributed by atoms with Gasteiger partial charge in [-0.1, -0.05) is 29.3 Å². The molecule has 1 amide bonds. The number of ether oxygens (including phenoxy) is 1. The molecule has 2 aromatic carbocycles. The molecular formula is C16H13Cl2NO2. The molecule has 0 N–H and O–H groups in total. The van der Waals surface area contributed by atoms with Gasteiger partial charge < -0.3 is 4.74 Å². The summed E-state index contributed by atoms with van der Waals surface area (Å²) in [4.78, 5) is 14.0. The average Bonchev–Trinajstić information content (AvgIpc) is 2.79. The Kier molecular flexibility index (Phi) is 3.56. The van der Waals surface area contributed by atoms with E-state index >= 15 is 0 Å². The largest absolute Gasteiger partial charge is 0.497 e. The standard InChI is InChI=1S/C16H13Cl2NO2/c1-9-3-5-12(17)16(15(9)18)19-13-6-4-11(21-2)7-10(13)8-14(19)20/h3-7H,8H2,1-2H3. The first-order valence-electron chi connectivity index (χ1n) is 6.47. The zero-order valence-electron chi connectivity index (χ0n) is 11.6. The molecule has 5 heteroatoms. The fourth-order valence-electron chi connectivity index (χ4n) is 2.52. The van der Waals surface area contributed by atoms with E-state index < -0.39 is 0 Å². The van der Waals surface area contributed by atoms with E-state index in [-0.39, 0.29) is 5.91 Å². The highest BCUT2D eigenvalue weighted by molar-refractivity contribution is 6.41. The summed E-state index contributed by atoms with van der Waals surface area (Å²) < 4.78 is 5.20. The third-order valence-electron chi connectivity index (χ3n) is 3.60. The van der Waals surface area contributed by atoms with Crippen molar-refractivity contribution in [2.75, 3.05) is 12.0 Å². The Balaban J connectivity index is 2.18. The first kappa shape index (κ1) is 14.2. The number of methoxy groups -OCH3 is 1. The topological polar surface area (TPSA) is 29.5 Å². The van der Waals surface area contributed by atoms with E-state index in [0.717, 1.165) is 22.6 Å². The number of nitrogens with zero attached hydrogens (tertiary/aromatic N) is 1. The monoisotopic (exact) mass is 321 g/mol. The second-order valence-corrected chi connectivity index (χ2v) is 5.71. The van der Waals surface area contributed by atoms with Crippen molar-refractivity contribution in [2.45, 2.75) is 13.3 Å². The van der Waals surface area contributed by atoms with E-state index in [0.29, 0.717) is 22.2 Å². The molecule has 21 heavy (non-hydrogen) atoms. The number of rotatable bonds is 2. The molecule has 2 aromatic rings. The minimum Gasteiger partial charge on any atom is -0.497 e. The van der Waals surface area contributed by atoms with Gasteiger partial charge in [0.05, 0.1) is 35.0 Å². The van der Waals surface area contributed by atoms with Gasteiger partial charge in [-0.2, -0.15) is 0 Å². The third-order valence-corrected chi connectivity index (χ3v) is 4.38. The van der Waals surface area contributed by atoms with Gasteiger partial charge in [-0.05, 0) is 42.3 Å². The fourth-order valence-corrected chi connectivity index (χ4v) is 3.06. The highest BCUT2D eigenvalue weighted by Gasteiger charge is 2.32. The Morgan fingerprint density at radius 2 is 1.95 bits per heavy atom. The molecule has 0 aliphatic carbocycles. The van der Waals surface area contributed by atoms with Crippen LogP contribution >= 0.6 is 23.2 Å². The molecule has 0 spiro atoms. The molecule has 3 nitrogen and oxygen atoms in total. The van der Waals surface area contributed by atoms with Crippen LogP contribution in [0.4, 0.5) is 11.4 Å². The number of aryl methyl sites for hydroxylation is 1. The molecule has 0 bridgehead atoms. The molecule has 0 saturated heterocycles. The molecule has 0 radical (unpaired) electrons. The van der Waals surface area contributed by atoms with Crippen molar-refractivity contribution in [1.29, 1.82) is 0 Å². The van der Waals surface area contributed by atoms with Crippen LogP contribution in [0.2, 0.25) is 10.0 Å². The number of carbonyl (C=O) groups excluding carboxylic acids is 1. The smallest absolute Gasteiger partial charge is 0.236 e. The van der Waals surface area contributed by atoms with E-state index in [1.807, 2.05) is 31.2 Å². The number of amides is 1. The number of hydrogen-bond acceptors (Lipinski definition) is 2. The number of fused-ring (bicyclic) bond motifs is 1. The highest BCUT2D eigenvalue weighted by Crippen LogP contribution is 2.44. The Hall–Kier alpha value is -1.71. The molecular weight excluding hydrogens is 309 g/mol. The molecule has 0 fully saturated rings. The quantitative estimate of drug-likeness (QED) is 0.813. The lowest BCUT2D eigenvalue weighted by Gasteiger charge is -2.21. The van der Waals surface area contributed by atoms with Crippen LogP contribution in [0.1, 0.15) is 11.1 Å². The number of halogens is 2. The van der Waals surface area contributed by atoms with Crippen LogP contribution in [0.25, 0.3) is 0 Å². The first-order valence-corrected chi connectivity index (χ1v) is 7.23. The molecule has 3 rings (SSSR count). The Morgan fingerprint density at radius 3 is 2.67 bits per heavy atom. The van der Waals surface area contributed by atoms with Crippen molar-refractivity contribution in [1.82, 2.24) is 0 Å². The maximum atomic E-state index is 12.4. The van der Waals surface area contributed by atoms with Gasteiger partial charge in [-0.25, -0.2) is 0 Å². The molecule has 0 aromatic heterocycles.